The number of carbonyl (C=O) groups excluding carboxylic acids is 1. The van der Waals surface area contributed by atoms with E-state index in [1.54, 1.807) is 0 Å². The van der Waals surface area contributed by atoms with Crippen LogP contribution in [0.25, 0.3) is 0 Å². The maximum Gasteiger partial charge on any atom is 0.220 e. The lowest BCUT2D eigenvalue weighted by Crippen LogP contribution is -2.52. The Bertz CT molecular complexity index is 1380. The van der Waals surface area contributed by atoms with Gasteiger partial charge in [-0.1, -0.05) is 47.7 Å². The second-order valence-electron chi connectivity index (χ2n) is 12.2. The van der Waals surface area contributed by atoms with Gasteiger partial charge >= 0.3 is 0 Å². The summed E-state index contributed by atoms with van der Waals surface area (Å²) >= 11 is 1.31. The van der Waals surface area contributed by atoms with Crippen molar-refractivity contribution < 1.29 is 24.9 Å². The number of nitrogens with one attached hydrogen (secondary N) is 1. The Morgan fingerprint density at radius 3 is 2.57 bits per heavy atom. The highest BCUT2D eigenvalue weighted by molar-refractivity contribution is 7.99. The van der Waals surface area contributed by atoms with E-state index in [1.807, 2.05) is 42.4 Å². The van der Waals surface area contributed by atoms with Crippen molar-refractivity contribution in [3.8, 4) is 0 Å². The zero-order valence-electron chi connectivity index (χ0n) is 25.8. The lowest BCUT2D eigenvalue weighted by Gasteiger charge is -2.40. The number of hydrogen-bond donors (Lipinski definition) is 4. The monoisotopic (exact) mass is 623 g/mol. The van der Waals surface area contributed by atoms with Gasteiger partial charge in [0.05, 0.1) is 17.9 Å². The normalized spacial score (nSPS) is 23.7. The second-order valence-corrected chi connectivity index (χ2v) is 13.1. The highest BCUT2D eigenvalue weighted by Crippen LogP contribution is 2.36. The number of carbonyl (C=O) groups is 1. The molecule has 11 heteroatoms. The van der Waals surface area contributed by atoms with Gasteiger partial charge in [-0.2, -0.15) is 0 Å². The van der Waals surface area contributed by atoms with E-state index in [4.69, 9.17) is 4.74 Å². The van der Waals surface area contributed by atoms with Crippen LogP contribution in [-0.4, -0.2) is 91.3 Å². The van der Waals surface area contributed by atoms with Gasteiger partial charge in [-0.05, 0) is 80.1 Å². The third kappa shape index (κ3) is 8.47. The molecule has 1 saturated carbocycles. The van der Waals surface area contributed by atoms with Gasteiger partial charge in [-0.25, -0.2) is 4.68 Å². The Labute approximate surface area is 263 Å². The molecule has 0 radical (unpaired) electrons. The van der Waals surface area contributed by atoms with E-state index >= 15 is 0 Å². The number of amides is 1. The molecule has 10 nitrogen and oxygen atoms in total. The summed E-state index contributed by atoms with van der Waals surface area (Å²) in [6, 6.07) is 15.0. The summed E-state index contributed by atoms with van der Waals surface area (Å²) in [6.45, 7) is 4.13. The fraction of sp³-hybridized carbons (Fsp3) is 0.545. The van der Waals surface area contributed by atoms with E-state index in [0.717, 1.165) is 60.3 Å². The Balaban J connectivity index is 1.04. The smallest absolute Gasteiger partial charge is 0.220 e. The molecule has 3 aromatic rings. The van der Waals surface area contributed by atoms with Crippen LogP contribution in [0.4, 0.5) is 0 Å². The number of ether oxygens (including phenoxy) is 1. The highest BCUT2D eigenvalue weighted by atomic mass is 32.2. The van der Waals surface area contributed by atoms with Crippen molar-refractivity contribution in [2.75, 3.05) is 26.4 Å². The SMILES string of the molecule is CS[C@H]1O[C@@H](c2ccc(C)c(Cc3ccc(CCCC(=O)NCCN(C)Cc4cn(C5CC5)nn4)cc3)c2)[C@H](O)[C@@H](O)[C@@H]1O. The molecule has 1 amide bonds. The van der Waals surface area contributed by atoms with E-state index in [0.29, 0.717) is 19.0 Å². The molecular formula is C33H45N5O5S. The molecule has 1 aromatic heterocycles. The number of hydrogen-bond acceptors (Lipinski definition) is 9. The Kier molecular flexibility index (Phi) is 11.1. The van der Waals surface area contributed by atoms with E-state index in [2.05, 4.69) is 51.7 Å². The van der Waals surface area contributed by atoms with Gasteiger partial charge in [0.25, 0.3) is 0 Å². The van der Waals surface area contributed by atoms with Gasteiger partial charge in [0.2, 0.25) is 5.91 Å². The first-order valence-electron chi connectivity index (χ1n) is 15.5. The molecule has 0 bridgehead atoms. The van der Waals surface area contributed by atoms with Crippen molar-refractivity contribution in [1.29, 1.82) is 0 Å². The minimum absolute atomic E-state index is 0.0722. The molecule has 4 N–H and O–H groups in total. The van der Waals surface area contributed by atoms with Gasteiger partial charge in [0.1, 0.15) is 29.9 Å². The van der Waals surface area contributed by atoms with Crippen molar-refractivity contribution in [2.24, 2.45) is 0 Å². The van der Waals surface area contributed by atoms with Crippen LogP contribution >= 0.6 is 11.8 Å². The molecule has 2 heterocycles. The standard InChI is InChI=1S/C33H45N5O5S/c1-21-7-12-24(32-30(41)29(40)31(42)33(43-32)44-3)18-25(21)17-23-10-8-22(9-11-23)5-4-6-28(39)34-15-16-37(2)19-26-20-38(36-35-26)27-13-14-27/h7-12,18,20,27,29-33,40-42H,4-6,13-17,19H2,1-3H3,(H,34,39)/t29-,30-,31+,32+,33-/m1/s1. The molecule has 1 aliphatic heterocycles. The zero-order valence-corrected chi connectivity index (χ0v) is 26.6. The second kappa shape index (κ2) is 15.0. The number of aromatic nitrogens is 3. The number of aliphatic hydroxyl groups excluding tert-OH is 3. The van der Waals surface area contributed by atoms with E-state index < -0.39 is 29.9 Å². The quantitative estimate of drug-likeness (QED) is 0.214. The van der Waals surface area contributed by atoms with Crippen LogP contribution in [-0.2, 0) is 28.9 Å². The van der Waals surface area contributed by atoms with Crippen molar-refractivity contribution in [3.63, 3.8) is 0 Å². The lowest BCUT2D eigenvalue weighted by molar-refractivity contribution is -0.200. The van der Waals surface area contributed by atoms with Gasteiger partial charge in [-0.15, -0.1) is 16.9 Å². The van der Waals surface area contributed by atoms with E-state index in [1.165, 1.54) is 30.2 Å². The molecule has 1 aliphatic carbocycles. The third-order valence-electron chi connectivity index (χ3n) is 8.52. The fourth-order valence-electron chi connectivity index (χ4n) is 5.61. The third-order valence-corrected chi connectivity index (χ3v) is 9.37. The maximum atomic E-state index is 12.4. The summed E-state index contributed by atoms with van der Waals surface area (Å²) in [7, 11) is 2.03. The molecule has 0 spiro atoms. The lowest BCUT2D eigenvalue weighted by atomic mass is 9.91. The first kappa shape index (κ1) is 32.6. The molecule has 2 fully saturated rings. The number of likely N-dealkylation sites (N-methyl/N-ethyl adjacent to an activating group) is 1. The summed E-state index contributed by atoms with van der Waals surface area (Å²) in [5, 5.41) is 42.6. The number of aliphatic hydroxyl groups is 3. The molecule has 44 heavy (non-hydrogen) atoms. The zero-order chi connectivity index (χ0) is 31.2. The minimum Gasteiger partial charge on any atom is -0.387 e. The number of thioether (sulfide) groups is 1. The summed E-state index contributed by atoms with van der Waals surface area (Å²) in [6.07, 6.45) is 4.70. The van der Waals surface area contributed by atoms with Crippen LogP contribution in [0.1, 0.15) is 71.3 Å². The summed E-state index contributed by atoms with van der Waals surface area (Å²) < 4.78 is 7.92. The van der Waals surface area contributed by atoms with Crippen LogP contribution < -0.4 is 5.32 Å². The molecule has 2 aliphatic rings. The summed E-state index contributed by atoms with van der Waals surface area (Å²) in [5.41, 5.74) is 5.72. The van der Waals surface area contributed by atoms with Gasteiger partial charge in [0, 0.05) is 26.1 Å². The largest absolute Gasteiger partial charge is 0.387 e. The maximum absolute atomic E-state index is 12.4. The first-order valence-corrected chi connectivity index (χ1v) is 16.8. The predicted octanol–water partition coefficient (Wildman–Crippen LogP) is 2.93. The predicted molar refractivity (Wildman–Crippen MR) is 170 cm³/mol. The van der Waals surface area contributed by atoms with Crippen LogP contribution in [0, 0.1) is 6.92 Å². The summed E-state index contributed by atoms with van der Waals surface area (Å²) in [4.78, 5) is 14.5. The Morgan fingerprint density at radius 1 is 1.09 bits per heavy atom. The topological polar surface area (TPSA) is 133 Å². The summed E-state index contributed by atoms with van der Waals surface area (Å²) in [5.74, 6) is 0.0722. The molecule has 2 aromatic carbocycles. The average Bonchev–Trinajstić information content (AvgIpc) is 3.76. The molecule has 5 rings (SSSR count). The van der Waals surface area contributed by atoms with E-state index in [-0.39, 0.29) is 5.91 Å². The van der Waals surface area contributed by atoms with Crippen molar-refractivity contribution in [3.05, 3.63) is 82.2 Å². The van der Waals surface area contributed by atoms with Crippen LogP contribution in [0.15, 0.2) is 48.7 Å². The highest BCUT2D eigenvalue weighted by Gasteiger charge is 2.44. The molecule has 238 valence electrons. The molecule has 1 saturated heterocycles. The minimum atomic E-state index is -1.27. The molecule has 5 atom stereocenters. The fourth-order valence-corrected chi connectivity index (χ4v) is 6.28. The molecule has 0 unspecified atom stereocenters. The Morgan fingerprint density at radius 2 is 1.84 bits per heavy atom. The van der Waals surface area contributed by atoms with Gasteiger partial charge in [0.15, 0.2) is 0 Å². The van der Waals surface area contributed by atoms with Crippen molar-refractivity contribution in [1.82, 2.24) is 25.2 Å². The number of nitrogens with zero attached hydrogens (tertiary/aromatic N) is 4. The van der Waals surface area contributed by atoms with Crippen molar-refractivity contribution >= 4 is 17.7 Å². The first-order chi connectivity index (χ1) is 21.2. The van der Waals surface area contributed by atoms with E-state index in [9.17, 15) is 20.1 Å². The molecular weight excluding hydrogens is 578 g/mol. The number of benzene rings is 2. The van der Waals surface area contributed by atoms with Gasteiger partial charge in [-0.3, -0.25) is 9.69 Å². The number of rotatable bonds is 14. The van der Waals surface area contributed by atoms with Crippen LogP contribution in [0.5, 0.6) is 0 Å². The average molecular weight is 624 g/mol. The van der Waals surface area contributed by atoms with Crippen LogP contribution in [0.3, 0.4) is 0 Å². The Hall–Kier alpha value is -2.80. The van der Waals surface area contributed by atoms with Crippen molar-refractivity contribution in [2.45, 2.75) is 87.9 Å². The number of aryl methyl sites for hydroxylation is 2. The van der Waals surface area contributed by atoms with Crippen LogP contribution in [0.2, 0.25) is 0 Å². The van der Waals surface area contributed by atoms with Gasteiger partial charge < -0.3 is 25.4 Å².